The van der Waals surface area contributed by atoms with Crippen LogP contribution in [0.1, 0.15) is 31.9 Å². The van der Waals surface area contributed by atoms with E-state index in [2.05, 4.69) is 0 Å². The molecule has 1 amide bonds. The number of piperazine rings is 1. The lowest BCUT2D eigenvalue weighted by Gasteiger charge is -2.39. The van der Waals surface area contributed by atoms with E-state index in [1.165, 1.54) is 12.1 Å². The summed E-state index contributed by atoms with van der Waals surface area (Å²) in [5.41, 5.74) is -1.28. The van der Waals surface area contributed by atoms with Gasteiger partial charge in [0, 0.05) is 37.3 Å². The first-order chi connectivity index (χ1) is 11.0. The average molecular weight is 339 g/mol. The van der Waals surface area contributed by atoms with Crippen molar-refractivity contribution in [2.45, 2.75) is 26.9 Å². The zero-order valence-corrected chi connectivity index (χ0v) is 13.9. The van der Waals surface area contributed by atoms with Crippen LogP contribution in [0.2, 0.25) is 0 Å². The number of nitrogens with zero attached hydrogens (tertiary/aromatic N) is 3. The molecule has 1 aromatic rings. The van der Waals surface area contributed by atoms with Gasteiger partial charge in [-0.15, -0.1) is 0 Å². The molecule has 1 heterocycles. The molecule has 1 aromatic carbocycles. The molecule has 1 aliphatic heterocycles. The molecule has 130 valence electrons. The second-order valence-corrected chi connectivity index (χ2v) is 6.87. The molecule has 2 rings (SSSR count). The Morgan fingerprint density at radius 3 is 2.17 bits per heavy atom. The monoisotopic (exact) mass is 339 g/mol. The lowest BCUT2D eigenvalue weighted by atomic mass is 9.94. The number of halogens is 3. The van der Waals surface area contributed by atoms with Crippen molar-refractivity contribution < 1.29 is 18.0 Å². The summed E-state index contributed by atoms with van der Waals surface area (Å²) in [7, 11) is 0. The normalized spacial score (nSPS) is 16.0. The molecule has 0 bridgehead atoms. The van der Waals surface area contributed by atoms with Gasteiger partial charge in [-0.05, 0) is 18.2 Å². The minimum Gasteiger partial charge on any atom is -0.367 e. The van der Waals surface area contributed by atoms with E-state index in [1.54, 1.807) is 15.9 Å². The third-order valence-electron chi connectivity index (χ3n) is 3.98. The van der Waals surface area contributed by atoms with E-state index in [0.717, 1.165) is 6.07 Å². The molecule has 24 heavy (non-hydrogen) atoms. The number of rotatable bonds is 1. The molecule has 0 radical (unpaired) electrons. The third-order valence-corrected chi connectivity index (χ3v) is 3.98. The maximum Gasteiger partial charge on any atom is 0.418 e. The highest BCUT2D eigenvalue weighted by Crippen LogP contribution is 2.37. The van der Waals surface area contributed by atoms with Gasteiger partial charge in [-0.25, -0.2) is 0 Å². The van der Waals surface area contributed by atoms with Gasteiger partial charge in [0.2, 0.25) is 5.91 Å². The highest BCUT2D eigenvalue weighted by molar-refractivity contribution is 5.81. The van der Waals surface area contributed by atoms with Gasteiger partial charge >= 0.3 is 6.18 Å². The Balaban J connectivity index is 2.21. The molecule has 1 fully saturated rings. The second kappa shape index (κ2) is 6.34. The lowest BCUT2D eigenvalue weighted by molar-refractivity contribution is -0.140. The fourth-order valence-electron chi connectivity index (χ4n) is 2.73. The molecule has 0 N–H and O–H groups in total. The van der Waals surface area contributed by atoms with Gasteiger partial charge in [0.05, 0.1) is 17.2 Å². The number of hydrogen-bond donors (Lipinski definition) is 0. The molecule has 0 aromatic heterocycles. The van der Waals surface area contributed by atoms with Crippen molar-refractivity contribution in [3.8, 4) is 6.07 Å². The van der Waals surface area contributed by atoms with Crippen molar-refractivity contribution in [2.75, 3.05) is 31.1 Å². The Labute approximate surface area is 139 Å². The summed E-state index contributed by atoms with van der Waals surface area (Å²) < 4.78 is 39.8. The Morgan fingerprint density at radius 2 is 1.71 bits per heavy atom. The minimum absolute atomic E-state index is 0.00183. The first-order valence-electron chi connectivity index (χ1n) is 7.69. The van der Waals surface area contributed by atoms with Crippen LogP contribution in [-0.2, 0) is 11.0 Å². The van der Waals surface area contributed by atoms with E-state index in [9.17, 15) is 18.0 Å². The fraction of sp³-hybridized carbons (Fsp3) is 0.529. The SMILES string of the molecule is CC(C)(C)C(=O)N1CCN(c2ccc(C#N)cc2C(F)(F)F)CC1. The Kier molecular flexibility index (Phi) is 4.79. The second-order valence-electron chi connectivity index (χ2n) is 6.87. The first-order valence-corrected chi connectivity index (χ1v) is 7.69. The zero-order chi connectivity index (χ0) is 18.1. The molecule has 0 saturated carbocycles. The number of carbonyl (C=O) groups is 1. The van der Waals surface area contributed by atoms with Crippen molar-refractivity contribution in [3.63, 3.8) is 0 Å². The van der Waals surface area contributed by atoms with Crippen LogP contribution in [0.3, 0.4) is 0 Å². The van der Waals surface area contributed by atoms with Crippen LogP contribution in [0.4, 0.5) is 18.9 Å². The average Bonchev–Trinajstić information content (AvgIpc) is 2.52. The number of anilines is 1. The number of benzene rings is 1. The van der Waals surface area contributed by atoms with Crippen molar-refractivity contribution in [2.24, 2.45) is 5.41 Å². The van der Waals surface area contributed by atoms with Crippen molar-refractivity contribution in [1.29, 1.82) is 5.26 Å². The summed E-state index contributed by atoms with van der Waals surface area (Å²) in [5, 5.41) is 8.83. The standard InChI is InChI=1S/C17H20F3N3O/c1-16(2,3)15(24)23-8-6-22(7-9-23)14-5-4-12(11-21)10-13(14)17(18,19)20/h4-5,10H,6-9H2,1-3H3. The van der Waals surface area contributed by atoms with Gasteiger partial charge in [-0.2, -0.15) is 18.4 Å². The highest BCUT2D eigenvalue weighted by Gasteiger charge is 2.36. The fourth-order valence-corrected chi connectivity index (χ4v) is 2.73. The molecule has 7 heteroatoms. The number of amides is 1. The summed E-state index contributed by atoms with van der Waals surface area (Å²) >= 11 is 0. The first kappa shape index (κ1) is 18.1. The van der Waals surface area contributed by atoms with Gasteiger partial charge in [-0.1, -0.05) is 20.8 Å². The Morgan fingerprint density at radius 1 is 1.12 bits per heavy atom. The van der Waals surface area contributed by atoms with E-state index >= 15 is 0 Å². The third kappa shape index (κ3) is 3.81. The van der Waals surface area contributed by atoms with Crippen LogP contribution in [-0.4, -0.2) is 37.0 Å². The Bertz CT molecular complexity index is 663. The lowest BCUT2D eigenvalue weighted by Crippen LogP contribution is -2.52. The number of carbonyl (C=O) groups excluding carboxylic acids is 1. The molecule has 4 nitrogen and oxygen atoms in total. The molecule has 0 aliphatic carbocycles. The van der Waals surface area contributed by atoms with Crippen molar-refractivity contribution in [3.05, 3.63) is 29.3 Å². The smallest absolute Gasteiger partial charge is 0.367 e. The van der Waals surface area contributed by atoms with E-state index in [1.807, 2.05) is 20.8 Å². The van der Waals surface area contributed by atoms with Gasteiger partial charge in [0.25, 0.3) is 0 Å². The van der Waals surface area contributed by atoms with E-state index < -0.39 is 17.2 Å². The van der Waals surface area contributed by atoms with Gasteiger partial charge < -0.3 is 9.80 Å². The van der Waals surface area contributed by atoms with Crippen LogP contribution < -0.4 is 4.90 Å². The van der Waals surface area contributed by atoms with Crippen LogP contribution in [0.15, 0.2) is 18.2 Å². The van der Waals surface area contributed by atoms with Crippen LogP contribution in [0.5, 0.6) is 0 Å². The maximum atomic E-state index is 13.3. The minimum atomic E-state index is -4.53. The maximum absolute atomic E-state index is 13.3. The summed E-state index contributed by atoms with van der Waals surface area (Å²) in [6, 6.07) is 5.34. The van der Waals surface area contributed by atoms with Crippen LogP contribution in [0, 0.1) is 16.7 Å². The molecular weight excluding hydrogens is 319 g/mol. The van der Waals surface area contributed by atoms with Crippen molar-refractivity contribution in [1.82, 2.24) is 4.90 Å². The van der Waals surface area contributed by atoms with E-state index in [-0.39, 0.29) is 17.2 Å². The molecule has 0 spiro atoms. The topological polar surface area (TPSA) is 47.3 Å². The number of hydrogen-bond acceptors (Lipinski definition) is 3. The van der Waals surface area contributed by atoms with Crippen molar-refractivity contribution >= 4 is 11.6 Å². The molecule has 0 atom stereocenters. The number of alkyl halides is 3. The van der Waals surface area contributed by atoms with E-state index in [4.69, 9.17) is 5.26 Å². The Hall–Kier alpha value is -2.23. The molecular formula is C17H20F3N3O. The van der Waals surface area contributed by atoms with Gasteiger partial charge in [0.15, 0.2) is 0 Å². The largest absolute Gasteiger partial charge is 0.418 e. The summed E-state index contributed by atoms with van der Waals surface area (Å²) in [6.07, 6.45) is -4.53. The quantitative estimate of drug-likeness (QED) is 0.789. The van der Waals surface area contributed by atoms with E-state index in [0.29, 0.717) is 26.2 Å². The molecule has 1 saturated heterocycles. The van der Waals surface area contributed by atoms with Gasteiger partial charge in [-0.3, -0.25) is 4.79 Å². The number of nitriles is 1. The molecule has 1 aliphatic rings. The molecule has 0 unspecified atom stereocenters. The zero-order valence-electron chi connectivity index (χ0n) is 13.9. The van der Waals surface area contributed by atoms with Crippen LogP contribution in [0.25, 0.3) is 0 Å². The predicted octanol–water partition coefficient (Wildman–Crippen LogP) is 3.27. The predicted molar refractivity (Wildman–Crippen MR) is 84.4 cm³/mol. The van der Waals surface area contributed by atoms with Gasteiger partial charge in [0.1, 0.15) is 0 Å². The van der Waals surface area contributed by atoms with Crippen LogP contribution >= 0.6 is 0 Å². The highest BCUT2D eigenvalue weighted by atomic mass is 19.4. The summed E-state index contributed by atoms with van der Waals surface area (Å²) in [4.78, 5) is 15.6. The summed E-state index contributed by atoms with van der Waals surface area (Å²) in [5.74, 6) is -0.00183. The summed E-state index contributed by atoms with van der Waals surface area (Å²) in [6.45, 7) is 6.90.